The third kappa shape index (κ3) is 1.97. The van der Waals surface area contributed by atoms with Crippen LogP contribution in [-0.2, 0) is 0 Å². The second-order valence-electron chi connectivity index (χ2n) is 5.70. The summed E-state index contributed by atoms with van der Waals surface area (Å²) in [6.07, 6.45) is 3.68. The molecule has 2 saturated heterocycles. The second kappa shape index (κ2) is 4.84. The predicted octanol–water partition coefficient (Wildman–Crippen LogP) is 2.90. The summed E-state index contributed by atoms with van der Waals surface area (Å²) >= 11 is 5.96. The minimum atomic E-state index is 0.287. The van der Waals surface area contributed by atoms with Crippen molar-refractivity contribution in [3.05, 3.63) is 34.9 Å². The Morgan fingerprint density at radius 2 is 2.00 bits per heavy atom. The van der Waals surface area contributed by atoms with Gasteiger partial charge in [-0.05, 0) is 49.9 Å². The third-order valence-corrected chi connectivity index (χ3v) is 5.19. The zero-order chi connectivity index (χ0) is 12.7. The summed E-state index contributed by atoms with van der Waals surface area (Å²) in [6, 6.07) is 9.42. The number of aliphatic hydroxyl groups excluding tert-OH is 1. The lowest BCUT2D eigenvalue weighted by Crippen LogP contribution is -2.47. The van der Waals surface area contributed by atoms with Crippen molar-refractivity contribution >= 4 is 11.6 Å². The van der Waals surface area contributed by atoms with E-state index in [0.717, 1.165) is 5.02 Å². The molecule has 2 bridgehead atoms. The molecule has 0 aliphatic carbocycles. The van der Waals surface area contributed by atoms with Crippen LogP contribution in [0.3, 0.4) is 0 Å². The van der Waals surface area contributed by atoms with Gasteiger partial charge in [-0.1, -0.05) is 23.7 Å². The van der Waals surface area contributed by atoms with Crippen molar-refractivity contribution in [1.82, 2.24) is 4.90 Å². The first-order valence-corrected chi connectivity index (χ1v) is 7.16. The van der Waals surface area contributed by atoms with Crippen LogP contribution in [0.5, 0.6) is 0 Å². The number of nitrogens with zero attached hydrogens (tertiary/aromatic N) is 1. The SMILES string of the molecule is CN1[C@@H]2CC[C@H]1[C@@H](CO)[C@H](c1ccc(Cl)cc1)C2. The van der Waals surface area contributed by atoms with Gasteiger partial charge < -0.3 is 10.0 Å². The van der Waals surface area contributed by atoms with E-state index in [1.807, 2.05) is 12.1 Å². The van der Waals surface area contributed by atoms with Gasteiger partial charge in [0, 0.05) is 29.6 Å². The molecule has 0 radical (unpaired) electrons. The third-order valence-electron chi connectivity index (χ3n) is 4.94. The van der Waals surface area contributed by atoms with Crippen LogP contribution >= 0.6 is 11.6 Å². The van der Waals surface area contributed by atoms with Crippen LogP contribution in [0.2, 0.25) is 5.02 Å². The standard InChI is InChI=1S/C15H20ClNO/c1-17-12-6-7-15(17)14(9-18)13(8-12)10-2-4-11(16)5-3-10/h2-5,12-15,18H,6-9H2,1H3/t12-,13+,14+,15+/m1/s1. The lowest BCUT2D eigenvalue weighted by Gasteiger charge is -2.42. The van der Waals surface area contributed by atoms with Gasteiger partial charge in [-0.2, -0.15) is 0 Å². The van der Waals surface area contributed by atoms with Gasteiger partial charge in [0.05, 0.1) is 0 Å². The van der Waals surface area contributed by atoms with Crippen molar-refractivity contribution < 1.29 is 5.11 Å². The number of piperidine rings is 1. The molecule has 0 spiro atoms. The number of rotatable bonds is 2. The largest absolute Gasteiger partial charge is 0.396 e. The van der Waals surface area contributed by atoms with Gasteiger partial charge in [-0.3, -0.25) is 0 Å². The Hall–Kier alpha value is -0.570. The maximum atomic E-state index is 9.76. The molecule has 3 heteroatoms. The Balaban J connectivity index is 1.89. The van der Waals surface area contributed by atoms with E-state index in [4.69, 9.17) is 11.6 Å². The van der Waals surface area contributed by atoms with E-state index in [1.165, 1.54) is 24.8 Å². The summed E-state index contributed by atoms with van der Waals surface area (Å²) in [5.74, 6) is 0.857. The van der Waals surface area contributed by atoms with Gasteiger partial charge in [0.25, 0.3) is 0 Å². The van der Waals surface area contributed by atoms with Gasteiger partial charge in [0.2, 0.25) is 0 Å². The van der Waals surface area contributed by atoms with Gasteiger partial charge in [0.15, 0.2) is 0 Å². The molecule has 3 rings (SSSR count). The molecule has 2 aliphatic rings. The molecular formula is C15H20ClNO. The van der Waals surface area contributed by atoms with E-state index in [9.17, 15) is 5.11 Å². The van der Waals surface area contributed by atoms with Crippen LogP contribution in [0.4, 0.5) is 0 Å². The molecular weight excluding hydrogens is 246 g/mol. The molecule has 4 atom stereocenters. The molecule has 0 aromatic heterocycles. The van der Waals surface area contributed by atoms with E-state index in [2.05, 4.69) is 24.1 Å². The lowest BCUT2D eigenvalue weighted by atomic mass is 9.76. The Morgan fingerprint density at radius 1 is 1.28 bits per heavy atom. The Morgan fingerprint density at radius 3 is 2.67 bits per heavy atom. The highest BCUT2D eigenvalue weighted by Crippen LogP contribution is 2.45. The van der Waals surface area contributed by atoms with Gasteiger partial charge in [-0.15, -0.1) is 0 Å². The zero-order valence-corrected chi connectivity index (χ0v) is 11.5. The molecule has 0 amide bonds. The topological polar surface area (TPSA) is 23.5 Å². The van der Waals surface area contributed by atoms with Crippen LogP contribution in [0.1, 0.15) is 30.7 Å². The Bertz CT molecular complexity index is 419. The number of hydrogen-bond donors (Lipinski definition) is 1. The summed E-state index contributed by atoms with van der Waals surface area (Å²) in [4.78, 5) is 2.48. The molecule has 2 aliphatic heterocycles. The highest BCUT2D eigenvalue weighted by Gasteiger charge is 2.45. The minimum absolute atomic E-state index is 0.287. The molecule has 0 unspecified atom stereocenters. The number of aliphatic hydroxyl groups is 1. The van der Waals surface area contributed by atoms with Crippen LogP contribution < -0.4 is 0 Å². The Labute approximate surface area is 114 Å². The number of halogens is 1. The molecule has 0 saturated carbocycles. The molecule has 98 valence electrons. The van der Waals surface area contributed by atoms with E-state index >= 15 is 0 Å². The van der Waals surface area contributed by atoms with Crippen LogP contribution in [0.15, 0.2) is 24.3 Å². The molecule has 1 aromatic carbocycles. The first-order chi connectivity index (χ1) is 8.70. The van der Waals surface area contributed by atoms with Gasteiger partial charge in [0.1, 0.15) is 0 Å². The fraction of sp³-hybridized carbons (Fsp3) is 0.600. The zero-order valence-electron chi connectivity index (χ0n) is 10.7. The predicted molar refractivity (Wildman–Crippen MR) is 74.0 cm³/mol. The average molecular weight is 266 g/mol. The molecule has 2 nitrogen and oxygen atoms in total. The monoisotopic (exact) mass is 265 g/mol. The molecule has 2 heterocycles. The normalized spacial score (nSPS) is 35.9. The molecule has 18 heavy (non-hydrogen) atoms. The summed E-state index contributed by atoms with van der Waals surface area (Å²) in [7, 11) is 2.21. The quantitative estimate of drug-likeness (QED) is 0.889. The second-order valence-corrected chi connectivity index (χ2v) is 6.14. The van der Waals surface area contributed by atoms with E-state index in [1.54, 1.807) is 0 Å². The maximum absolute atomic E-state index is 9.76. The van der Waals surface area contributed by atoms with Crippen molar-refractivity contribution in [2.75, 3.05) is 13.7 Å². The number of benzene rings is 1. The summed E-state index contributed by atoms with van der Waals surface area (Å²) < 4.78 is 0. The number of fused-ring (bicyclic) bond motifs is 2. The first-order valence-electron chi connectivity index (χ1n) is 6.79. The minimum Gasteiger partial charge on any atom is -0.396 e. The van der Waals surface area contributed by atoms with Crippen molar-refractivity contribution in [1.29, 1.82) is 0 Å². The summed E-state index contributed by atoms with van der Waals surface area (Å²) in [5.41, 5.74) is 1.34. The molecule has 1 aromatic rings. The summed E-state index contributed by atoms with van der Waals surface area (Å²) in [6.45, 7) is 0.287. The Kier molecular flexibility index (Phi) is 3.35. The average Bonchev–Trinajstić information content (AvgIpc) is 2.63. The lowest BCUT2D eigenvalue weighted by molar-refractivity contribution is 0.0592. The van der Waals surface area contributed by atoms with Crippen molar-refractivity contribution in [2.24, 2.45) is 5.92 Å². The number of hydrogen-bond acceptors (Lipinski definition) is 2. The maximum Gasteiger partial charge on any atom is 0.0480 e. The van der Waals surface area contributed by atoms with Crippen molar-refractivity contribution in [3.63, 3.8) is 0 Å². The van der Waals surface area contributed by atoms with E-state index in [0.29, 0.717) is 23.9 Å². The van der Waals surface area contributed by atoms with Gasteiger partial charge in [-0.25, -0.2) is 0 Å². The molecule has 1 N–H and O–H groups in total. The van der Waals surface area contributed by atoms with Crippen LogP contribution in [0.25, 0.3) is 0 Å². The highest BCUT2D eigenvalue weighted by atomic mass is 35.5. The smallest absolute Gasteiger partial charge is 0.0480 e. The summed E-state index contributed by atoms with van der Waals surface area (Å²) in [5, 5.41) is 10.5. The van der Waals surface area contributed by atoms with Crippen molar-refractivity contribution in [2.45, 2.75) is 37.3 Å². The van der Waals surface area contributed by atoms with Crippen LogP contribution in [-0.4, -0.2) is 35.7 Å². The fourth-order valence-corrected chi connectivity index (χ4v) is 4.05. The van der Waals surface area contributed by atoms with Gasteiger partial charge >= 0.3 is 0 Å². The van der Waals surface area contributed by atoms with E-state index < -0.39 is 0 Å². The van der Waals surface area contributed by atoms with Crippen molar-refractivity contribution in [3.8, 4) is 0 Å². The highest BCUT2D eigenvalue weighted by molar-refractivity contribution is 6.30. The first kappa shape index (κ1) is 12.5. The van der Waals surface area contributed by atoms with E-state index in [-0.39, 0.29) is 6.61 Å². The van der Waals surface area contributed by atoms with Crippen LogP contribution in [0, 0.1) is 5.92 Å². The fourth-order valence-electron chi connectivity index (χ4n) is 3.92. The molecule has 2 fully saturated rings.